The van der Waals surface area contributed by atoms with Gasteiger partial charge in [-0.05, 0) is 56.5 Å². The number of nitrogens with zero attached hydrogens (tertiary/aromatic N) is 1. The Morgan fingerprint density at radius 2 is 2.12 bits per heavy atom. The van der Waals surface area contributed by atoms with Gasteiger partial charge in [0.1, 0.15) is 5.75 Å². The second-order valence-electron chi connectivity index (χ2n) is 6.62. The summed E-state index contributed by atoms with van der Waals surface area (Å²) >= 11 is 6.33. The minimum Gasteiger partial charge on any atom is -0.497 e. The first kappa shape index (κ1) is 18.4. The van der Waals surface area contributed by atoms with Crippen LogP contribution in [0.15, 0.2) is 36.4 Å². The molecule has 1 aliphatic rings. The van der Waals surface area contributed by atoms with E-state index in [2.05, 4.69) is 17.1 Å². The lowest BCUT2D eigenvalue weighted by atomic mass is 10.0. The Bertz CT molecular complexity index is 810. The second-order valence-corrected chi connectivity index (χ2v) is 7.02. The minimum atomic E-state index is -0.242. The highest BCUT2D eigenvalue weighted by Gasteiger charge is 2.22. The van der Waals surface area contributed by atoms with Gasteiger partial charge in [-0.15, -0.1) is 0 Å². The Kier molecular flexibility index (Phi) is 5.57. The molecule has 0 bridgehead atoms. The van der Waals surface area contributed by atoms with Gasteiger partial charge in [0.15, 0.2) is 0 Å². The molecular formula is C20H24ClN3O2. The maximum atomic E-state index is 12.6. The zero-order valence-corrected chi connectivity index (χ0v) is 15.8. The number of rotatable bonds is 4. The van der Waals surface area contributed by atoms with Crippen molar-refractivity contribution in [3.8, 4) is 5.75 Å². The van der Waals surface area contributed by atoms with Crippen LogP contribution in [-0.2, 0) is 0 Å². The van der Waals surface area contributed by atoms with E-state index in [1.807, 2.05) is 6.07 Å². The van der Waals surface area contributed by atoms with E-state index in [1.165, 1.54) is 6.42 Å². The standard InChI is InChI=1S/C20H24ClN3O2/c1-13-6-3-4-9-24(13)19-12-18(16(21)11-17(19)22)23-20(25)14-7-5-8-15(10-14)26-2/h5,7-8,10-13H,3-4,6,9,22H2,1-2H3,(H,23,25)/t13-/m1/s1. The molecule has 1 fully saturated rings. The summed E-state index contributed by atoms with van der Waals surface area (Å²) < 4.78 is 5.18. The Balaban J connectivity index is 1.87. The molecule has 3 rings (SSSR count). The highest BCUT2D eigenvalue weighted by molar-refractivity contribution is 6.34. The number of halogens is 1. The summed E-state index contributed by atoms with van der Waals surface area (Å²) in [5.41, 5.74) is 8.82. The van der Waals surface area contributed by atoms with E-state index in [0.717, 1.165) is 25.1 Å². The Morgan fingerprint density at radius 3 is 2.85 bits per heavy atom. The fourth-order valence-corrected chi connectivity index (χ4v) is 3.56. The van der Waals surface area contributed by atoms with Gasteiger partial charge >= 0.3 is 0 Å². The lowest BCUT2D eigenvalue weighted by molar-refractivity contribution is 0.102. The third kappa shape index (κ3) is 3.88. The quantitative estimate of drug-likeness (QED) is 0.771. The zero-order valence-electron chi connectivity index (χ0n) is 15.1. The summed E-state index contributed by atoms with van der Waals surface area (Å²) in [6.07, 6.45) is 3.50. The Hall–Kier alpha value is -2.40. The molecular weight excluding hydrogens is 350 g/mol. The summed E-state index contributed by atoms with van der Waals surface area (Å²) in [4.78, 5) is 14.9. The molecule has 0 spiro atoms. The fraction of sp³-hybridized carbons (Fsp3) is 0.350. The molecule has 1 aliphatic heterocycles. The second kappa shape index (κ2) is 7.87. The molecule has 6 heteroatoms. The van der Waals surface area contributed by atoms with Crippen molar-refractivity contribution >= 4 is 34.6 Å². The number of nitrogen functional groups attached to an aromatic ring is 1. The van der Waals surface area contributed by atoms with Gasteiger partial charge in [0.2, 0.25) is 0 Å². The molecule has 2 aromatic rings. The monoisotopic (exact) mass is 373 g/mol. The summed E-state index contributed by atoms with van der Waals surface area (Å²) in [5, 5.41) is 3.31. The molecule has 0 aliphatic carbocycles. The molecule has 0 aromatic heterocycles. The third-order valence-electron chi connectivity index (χ3n) is 4.81. The van der Waals surface area contributed by atoms with Crippen LogP contribution in [0.2, 0.25) is 5.02 Å². The topological polar surface area (TPSA) is 67.6 Å². The molecule has 2 aromatic carbocycles. The fourth-order valence-electron chi connectivity index (χ4n) is 3.34. The van der Waals surface area contributed by atoms with E-state index >= 15 is 0 Å². The molecule has 1 saturated heterocycles. The number of nitrogens with two attached hydrogens (primary N) is 1. The number of carbonyl (C=O) groups excluding carboxylic acids is 1. The predicted octanol–water partition coefficient (Wildman–Crippen LogP) is 4.56. The number of hydrogen-bond donors (Lipinski definition) is 2. The Morgan fingerprint density at radius 1 is 1.31 bits per heavy atom. The molecule has 5 nitrogen and oxygen atoms in total. The van der Waals surface area contributed by atoms with E-state index in [0.29, 0.717) is 33.8 Å². The lowest BCUT2D eigenvalue weighted by Crippen LogP contribution is -2.37. The van der Waals surface area contributed by atoms with E-state index in [4.69, 9.17) is 22.1 Å². The summed E-state index contributed by atoms with van der Waals surface area (Å²) in [6.45, 7) is 3.15. The maximum Gasteiger partial charge on any atom is 0.255 e. The number of amides is 1. The number of ether oxygens (including phenoxy) is 1. The third-order valence-corrected chi connectivity index (χ3v) is 5.12. The van der Waals surface area contributed by atoms with Crippen LogP contribution in [0.3, 0.4) is 0 Å². The predicted molar refractivity (Wildman–Crippen MR) is 107 cm³/mol. The van der Waals surface area contributed by atoms with Crippen molar-refractivity contribution in [2.24, 2.45) is 0 Å². The van der Waals surface area contributed by atoms with E-state index in [-0.39, 0.29) is 5.91 Å². The molecule has 26 heavy (non-hydrogen) atoms. The van der Waals surface area contributed by atoms with Gasteiger partial charge in [0.05, 0.1) is 29.2 Å². The molecule has 138 valence electrons. The van der Waals surface area contributed by atoms with Crippen LogP contribution in [0.1, 0.15) is 36.5 Å². The summed E-state index contributed by atoms with van der Waals surface area (Å²) in [7, 11) is 1.57. The number of hydrogen-bond acceptors (Lipinski definition) is 4. The van der Waals surface area contributed by atoms with Crippen LogP contribution in [0.4, 0.5) is 17.1 Å². The van der Waals surface area contributed by atoms with Crippen molar-refractivity contribution < 1.29 is 9.53 Å². The number of benzene rings is 2. The summed E-state index contributed by atoms with van der Waals surface area (Å²) in [6, 6.07) is 11.0. The van der Waals surface area contributed by atoms with E-state index in [1.54, 1.807) is 37.4 Å². The molecule has 1 amide bonds. The average molecular weight is 374 g/mol. The molecule has 0 saturated carbocycles. The van der Waals surface area contributed by atoms with Gasteiger partial charge < -0.3 is 20.7 Å². The lowest BCUT2D eigenvalue weighted by Gasteiger charge is -2.36. The molecule has 0 radical (unpaired) electrons. The highest BCUT2D eigenvalue weighted by atomic mass is 35.5. The van der Waals surface area contributed by atoms with Gasteiger partial charge in [-0.2, -0.15) is 0 Å². The largest absolute Gasteiger partial charge is 0.497 e. The van der Waals surface area contributed by atoms with E-state index < -0.39 is 0 Å². The van der Waals surface area contributed by atoms with Crippen molar-refractivity contribution in [3.63, 3.8) is 0 Å². The van der Waals surface area contributed by atoms with Crippen LogP contribution in [0.25, 0.3) is 0 Å². The first-order valence-corrected chi connectivity index (χ1v) is 9.18. The number of carbonyl (C=O) groups is 1. The maximum absolute atomic E-state index is 12.6. The highest BCUT2D eigenvalue weighted by Crippen LogP contribution is 2.36. The smallest absolute Gasteiger partial charge is 0.255 e. The number of anilines is 3. The van der Waals surface area contributed by atoms with Crippen LogP contribution in [-0.4, -0.2) is 25.6 Å². The van der Waals surface area contributed by atoms with Crippen LogP contribution in [0, 0.1) is 0 Å². The zero-order chi connectivity index (χ0) is 18.7. The van der Waals surface area contributed by atoms with Crippen LogP contribution in [0.5, 0.6) is 5.75 Å². The van der Waals surface area contributed by atoms with Crippen LogP contribution >= 0.6 is 11.6 Å². The van der Waals surface area contributed by atoms with Crippen LogP contribution < -0.4 is 20.7 Å². The molecule has 3 N–H and O–H groups in total. The van der Waals surface area contributed by atoms with Crippen molar-refractivity contribution in [2.45, 2.75) is 32.2 Å². The van der Waals surface area contributed by atoms with Crippen molar-refractivity contribution in [2.75, 3.05) is 29.6 Å². The molecule has 0 unspecified atom stereocenters. The molecule has 1 heterocycles. The average Bonchev–Trinajstić information content (AvgIpc) is 2.64. The van der Waals surface area contributed by atoms with Gasteiger partial charge in [0, 0.05) is 18.2 Å². The van der Waals surface area contributed by atoms with Gasteiger partial charge in [0.25, 0.3) is 5.91 Å². The van der Waals surface area contributed by atoms with Crippen molar-refractivity contribution in [3.05, 3.63) is 47.0 Å². The number of piperidine rings is 1. The van der Waals surface area contributed by atoms with Gasteiger partial charge in [-0.3, -0.25) is 4.79 Å². The SMILES string of the molecule is COc1cccc(C(=O)Nc2cc(N3CCCC[C@H]3C)c(N)cc2Cl)c1. The first-order chi connectivity index (χ1) is 12.5. The minimum absolute atomic E-state index is 0.242. The normalized spacial score (nSPS) is 17.0. The summed E-state index contributed by atoms with van der Waals surface area (Å²) in [5.74, 6) is 0.386. The van der Waals surface area contributed by atoms with E-state index in [9.17, 15) is 4.79 Å². The first-order valence-electron chi connectivity index (χ1n) is 8.80. The van der Waals surface area contributed by atoms with Crippen molar-refractivity contribution in [1.29, 1.82) is 0 Å². The van der Waals surface area contributed by atoms with Gasteiger partial charge in [-0.25, -0.2) is 0 Å². The molecule has 1 atom stereocenters. The number of nitrogens with one attached hydrogen (secondary N) is 1. The number of methoxy groups -OCH3 is 1. The Labute approximate surface area is 159 Å². The van der Waals surface area contributed by atoms with Gasteiger partial charge in [-0.1, -0.05) is 17.7 Å². The van der Waals surface area contributed by atoms with Crippen molar-refractivity contribution in [1.82, 2.24) is 0 Å².